The van der Waals surface area contributed by atoms with Gasteiger partial charge in [0.1, 0.15) is 5.69 Å². The molecule has 1 heterocycles. The van der Waals surface area contributed by atoms with Gasteiger partial charge in [0, 0.05) is 11.9 Å². The van der Waals surface area contributed by atoms with E-state index in [-0.39, 0.29) is 5.69 Å². The van der Waals surface area contributed by atoms with E-state index in [9.17, 15) is 4.79 Å². The van der Waals surface area contributed by atoms with Crippen molar-refractivity contribution in [1.29, 1.82) is 5.26 Å². The topological polar surface area (TPSA) is 91.8 Å². The summed E-state index contributed by atoms with van der Waals surface area (Å²) in [5.41, 5.74) is 6.96. The molecule has 6 heteroatoms. The first kappa shape index (κ1) is 12.9. The minimum Gasteiger partial charge on any atom is -0.399 e. The van der Waals surface area contributed by atoms with Crippen LogP contribution in [0.2, 0.25) is 5.02 Å². The second-order valence-electron chi connectivity index (χ2n) is 3.73. The number of carbonyl (C=O) groups is 1. The van der Waals surface area contributed by atoms with E-state index < -0.39 is 5.91 Å². The molecule has 0 spiro atoms. The highest BCUT2D eigenvalue weighted by atomic mass is 35.5. The van der Waals surface area contributed by atoms with Crippen LogP contribution in [0.25, 0.3) is 0 Å². The van der Waals surface area contributed by atoms with E-state index in [2.05, 4.69) is 10.3 Å². The number of nitrogens with zero attached hydrogens (tertiary/aromatic N) is 2. The number of nitrogens with two attached hydrogens (primary N) is 1. The molecule has 2 aromatic rings. The van der Waals surface area contributed by atoms with Crippen LogP contribution in [0.3, 0.4) is 0 Å². The number of aromatic nitrogens is 1. The number of anilines is 2. The van der Waals surface area contributed by atoms with Crippen molar-refractivity contribution in [2.75, 3.05) is 11.1 Å². The Morgan fingerprint density at radius 2 is 2.16 bits per heavy atom. The maximum atomic E-state index is 11.9. The number of halogens is 1. The monoisotopic (exact) mass is 272 g/mol. The number of carbonyl (C=O) groups excluding carboxylic acids is 1. The van der Waals surface area contributed by atoms with Gasteiger partial charge in [-0.2, -0.15) is 5.26 Å². The van der Waals surface area contributed by atoms with Gasteiger partial charge in [-0.05, 0) is 30.3 Å². The van der Waals surface area contributed by atoms with Crippen molar-refractivity contribution >= 4 is 28.9 Å². The van der Waals surface area contributed by atoms with Crippen molar-refractivity contribution in [1.82, 2.24) is 4.98 Å². The normalized spacial score (nSPS) is 9.68. The quantitative estimate of drug-likeness (QED) is 0.878. The van der Waals surface area contributed by atoms with E-state index in [4.69, 9.17) is 22.6 Å². The molecule has 0 aliphatic carbocycles. The molecule has 19 heavy (non-hydrogen) atoms. The van der Waals surface area contributed by atoms with Gasteiger partial charge in [-0.25, -0.2) is 0 Å². The fourth-order valence-electron chi connectivity index (χ4n) is 1.45. The predicted octanol–water partition coefficient (Wildman–Crippen LogP) is 2.44. The zero-order chi connectivity index (χ0) is 13.8. The number of nitrogen functional groups attached to an aromatic ring is 1. The minimum atomic E-state index is -0.440. The summed E-state index contributed by atoms with van der Waals surface area (Å²) in [5, 5.41) is 11.7. The van der Waals surface area contributed by atoms with E-state index >= 15 is 0 Å². The van der Waals surface area contributed by atoms with Gasteiger partial charge in [-0.15, -0.1) is 0 Å². The Morgan fingerprint density at radius 3 is 2.84 bits per heavy atom. The molecule has 5 nitrogen and oxygen atoms in total. The second-order valence-corrected chi connectivity index (χ2v) is 4.14. The van der Waals surface area contributed by atoms with Crippen LogP contribution in [0.5, 0.6) is 0 Å². The largest absolute Gasteiger partial charge is 0.399 e. The van der Waals surface area contributed by atoms with Crippen molar-refractivity contribution in [3.05, 3.63) is 52.8 Å². The molecule has 0 atom stereocenters. The van der Waals surface area contributed by atoms with Gasteiger partial charge in [-0.1, -0.05) is 11.6 Å². The summed E-state index contributed by atoms with van der Waals surface area (Å²) >= 11 is 5.95. The molecule has 0 saturated heterocycles. The molecule has 0 radical (unpaired) electrons. The summed E-state index contributed by atoms with van der Waals surface area (Å²) in [6.45, 7) is 0. The molecule has 0 saturated carbocycles. The first-order chi connectivity index (χ1) is 9.10. The van der Waals surface area contributed by atoms with Crippen molar-refractivity contribution in [2.45, 2.75) is 0 Å². The third-order valence-corrected chi connectivity index (χ3v) is 2.69. The number of benzene rings is 1. The van der Waals surface area contributed by atoms with Crippen LogP contribution >= 0.6 is 11.6 Å². The van der Waals surface area contributed by atoms with Crippen molar-refractivity contribution in [3.8, 4) is 6.07 Å². The van der Waals surface area contributed by atoms with E-state index in [1.54, 1.807) is 18.2 Å². The van der Waals surface area contributed by atoms with Crippen molar-refractivity contribution in [3.63, 3.8) is 0 Å². The summed E-state index contributed by atoms with van der Waals surface area (Å²) in [6.07, 6.45) is 1.44. The molecule has 0 unspecified atom stereocenters. The number of nitrogens with one attached hydrogen (secondary N) is 1. The number of amides is 1. The van der Waals surface area contributed by atoms with Crippen LogP contribution in [0.4, 0.5) is 11.4 Å². The molecule has 0 fully saturated rings. The Morgan fingerprint density at radius 1 is 1.37 bits per heavy atom. The van der Waals surface area contributed by atoms with E-state index in [0.29, 0.717) is 22.0 Å². The first-order valence-electron chi connectivity index (χ1n) is 5.32. The fraction of sp³-hybridized carbons (Fsp3) is 0. The van der Waals surface area contributed by atoms with Gasteiger partial charge in [-0.3, -0.25) is 9.78 Å². The molecule has 1 amide bonds. The number of nitriles is 1. The van der Waals surface area contributed by atoms with E-state index in [1.165, 1.54) is 18.3 Å². The fourth-order valence-corrected chi connectivity index (χ4v) is 1.61. The standard InChI is InChI=1S/C13H9ClN4O/c14-10-2-1-8(7-15)5-11(10)18-13(19)12-6-9(16)3-4-17-12/h1-6H,(H2,16,17)(H,18,19). The molecular weight excluding hydrogens is 264 g/mol. The zero-order valence-electron chi connectivity index (χ0n) is 9.72. The number of hydrogen-bond donors (Lipinski definition) is 2. The molecule has 1 aromatic heterocycles. The Kier molecular flexibility index (Phi) is 3.64. The third-order valence-electron chi connectivity index (χ3n) is 2.36. The lowest BCUT2D eigenvalue weighted by atomic mass is 10.2. The van der Waals surface area contributed by atoms with Crippen LogP contribution in [0.1, 0.15) is 16.1 Å². The van der Waals surface area contributed by atoms with Gasteiger partial charge in [0.15, 0.2) is 0 Å². The average Bonchev–Trinajstić information content (AvgIpc) is 2.41. The summed E-state index contributed by atoms with van der Waals surface area (Å²) < 4.78 is 0. The third kappa shape index (κ3) is 3.00. The van der Waals surface area contributed by atoms with Crippen molar-refractivity contribution in [2.24, 2.45) is 0 Å². The Labute approximate surface area is 114 Å². The Balaban J connectivity index is 2.27. The number of hydrogen-bond acceptors (Lipinski definition) is 4. The number of pyridine rings is 1. The van der Waals surface area contributed by atoms with Gasteiger partial charge in [0.05, 0.1) is 22.3 Å². The summed E-state index contributed by atoms with van der Waals surface area (Å²) in [6, 6.07) is 9.61. The van der Waals surface area contributed by atoms with Crippen LogP contribution in [0.15, 0.2) is 36.5 Å². The molecule has 2 rings (SSSR count). The van der Waals surface area contributed by atoms with E-state index in [1.807, 2.05) is 6.07 Å². The lowest BCUT2D eigenvalue weighted by Gasteiger charge is -2.07. The Hall–Kier alpha value is -2.58. The van der Waals surface area contributed by atoms with Gasteiger partial charge in [0.2, 0.25) is 0 Å². The van der Waals surface area contributed by atoms with E-state index in [0.717, 1.165) is 0 Å². The van der Waals surface area contributed by atoms with Gasteiger partial charge < -0.3 is 11.1 Å². The highest BCUT2D eigenvalue weighted by Crippen LogP contribution is 2.23. The highest BCUT2D eigenvalue weighted by Gasteiger charge is 2.10. The van der Waals surface area contributed by atoms with Crippen LogP contribution in [-0.2, 0) is 0 Å². The first-order valence-corrected chi connectivity index (χ1v) is 5.70. The van der Waals surface area contributed by atoms with Crippen LogP contribution in [-0.4, -0.2) is 10.9 Å². The van der Waals surface area contributed by atoms with Gasteiger partial charge in [0.25, 0.3) is 5.91 Å². The maximum absolute atomic E-state index is 11.9. The molecule has 3 N–H and O–H groups in total. The Bertz CT molecular complexity index is 679. The molecule has 94 valence electrons. The summed E-state index contributed by atoms with van der Waals surface area (Å²) in [5.74, 6) is -0.440. The highest BCUT2D eigenvalue weighted by molar-refractivity contribution is 6.34. The number of rotatable bonds is 2. The summed E-state index contributed by atoms with van der Waals surface area (Å²) in [7, 11) is 0. The van der Waals surface area contributed by atoms with Crippen LogP contribution in [0, 0.1) is 11.3 Å². The second kappa shape index (κ2) is 5.38. The molecule has 0 aliphatic heterocycles. The summed E-state index contributed by atoms with van der Waals surface area (Å²) in [4.78, 5) is 15.9. The lowest BCUT2D eigenvalue weighted by molar-refractivity contribution is 0.102. The molecule has 0 aliphatic rings. The van der Waals surface area contributed by atoms with Gasteiger partial charge >= 0.3 is 0 Å². The van der Waals surface area contributed by atoms with Crippen molar-refractivity contribution < 1.29 is 4.79 Å². The van der Waals surface area contributed by atoms with Crippen LogP contribution < -0.4 is 11.1 Å². The molecular formula is C13H9ClN4O. The SMILES string of the molecule is N#Cc1ccc(Cl)c(NC(=O)c2cc(N)ccn2)c1. The maximum Gasteiger partial charge on any atom is 0.274 e. The smallest absolute Gasteiger partial charge is 0.274 e. The minimum absolute atomic E-state index is 0.179. The predicted molar refractivity (Wildman–Crippen MR) is 72.8 cm³/mol. The lowest BCUT2D eigenvalue weighted by Crippen LogP contribution is -2.14. The zero-order valence-corrected chi connectivity index (χ0v) is 10.5. The molecule has 0 bridgehead atoms. The average molecular weight is 273 g/mol. The molecule has 1 aromatic carbocycles.